The fraction of sp³-hybridized carbons (Fsp3) is 0.265. The zero-order valence-electron chi connectivity index (χ0n) is 34.9. The van der Waals surface area contributed by atoms with Gasteiger partial charge in [-0.05, 0) is 117 Å². The molecule has 1 aliphatic rings. The molecule has 4 heteroatoms. The van der Waals surface area contributed by atoms with E-state index in [0.29, 0.717) is 35.2 Å². The number of aromatic nitrogens is 2. The summed E-state index contributed by atoms with van der Waals surface area (Å²) in [6, 6.07) is 41.3. The number of fused-ring (bicyclic) bond motifs is 6. The van der Waals surface area contributed by atoms with E-state index in [1.54, 1.807) is 0 Å². The van der Waals surface area contributed by atoms with E-state index in [1.165, 1.54) is 22.5 Å². The molecule has 0 N–H and O–H groups in total. The first-order valence-corrected chi connectivity index (χ1v) is 18.2. The average Bonchev–Trinajstić information content (AvgIpc) is 3.56. The number of nitrogens with zero attached hydrogens (tertiary/aromatic N) is 2. The van der Waals surface area contributed by atoms with Crippen LogP contribution in [0.15, 0.2) is 120 Å². The number of hydrogen-bond acceptors (Lipinski definition) is 3. The first-order chi connectivity index (χ1) is 26.6. The van der Waals surface area contributed by atoms with Crippen molar-refractivity contribution < 1.29 is 30.0 Å². The van der Waals surface area contributed by atoms with Crippen LogP contribution in [0.4, 0.5) is 0 Å². The van der Waals surface area contributed by atoms with Crippen LogP contribution in [0.25, 0.3) is 66.0 Å². The minimum Gasteiger partial charge on any atom is -0.501 e. The van der Waals surface area contributed by atoms with E-state index in [9.17, 15) is 1.37 Å². The number of pyridine rings is 2. The summed E-state index contributed by atoms with van der Waals surface area (Å²) in [6.45, 7) is 8.72. The maximum atomic E-state index is 9.41. The Labute approximate surface area is 332 Å². The van der Waals surface area contributed by atoms with Crippen molar-refractivity contribution in [1.82, 2.24) is 9.97 Å². The second kappa shape index (κ2) is 14.7. The number of furan rings is 1. The van der Waals surface area contributed by atoms with Gasteiger partial charge in [0.1, 0.15) is 5.58 Å². The average molecular weight is 875 g/mol. The maximum Gasteiger partial charge on any atom is 0.121 e. The van der Waals surface area contributed by atoms with Crippen LogP contribution in [0, 0.1) is 24.4 Å². The van der Waals surface area contributed by atoms with Gasteiger partial charge in [0.05, 0.1) is 5.58 Å². The van der Waals surface area contributed by atoms with Gasteiger partial charge in [-0.25, -0.2) is 0 Å². The van der Waals surface area contributed by atoms with E-state index in [4.69, 9.17) is 8.53 Å². The Hall–Kier alpha value is -4.63. The number of aryl methyl sites for hydroxylation is 1. The Bertz CT molecular complexity index is 2720. The first kappa shape index (κ1) is 31.9. The third kappa shape index (κ3) is 7.45. The molecule has 3 nitrogen and oxygen atoms in total. The van der Waals surface area contributed by atoms with Gasteiger partial charge in [-0.1, -0.05) is 94.1 Å². The van der Waals surface area contributed by atoms with Crippen molar-refractivity contribution in [2.45, 2.75) is 78.5 Å². The second-order valence-electron chi connectivity index (χ2n) is 15.9. The van der Waals surface area contributed by atoms with Crippen molar-refractivity contribution in [3.63, 3.8) is 0 Å². The van der Waals surface area contributed by atoms with Gasteiger partial charge < -0.3 is 14.4 Å². The smallest absolute Gasteiger partial charge is 0.121 e. The number of hydrogen-bond donors (Lipinski definition) is 0. The molecule has 5 aromatic carbocycles. The van der Waals surface area contributed by atoms with Crippen LogP contribution < -0.4 is 0 Å². The predicted octanol–water partition coefficient (Wildman–Crippen LogP) is 13.6. The van der Waals surface area contributed by atoms with Crippen LogP contribution in [0.3, 0.4) is 0 Å². The summed E-state index contributed by atoms with van der Waals surface area (Å²) in [6.07, 6.45) is 6.31. The van der Waals surface area contributed by atoms with Gasteiger partial charge in [-0.15, -0.1) is 54.1 Å². The molecule has 3 heterocycles. The van der Waals surface area contributed by atoms with E-state index in [2.05, 4.69) is 111 Å². The zero-order chi connectivity index (χ0) is 39.5. The Morgan fingerprint density at radius 2 is 1.57 bits per heavy atom. The molecule has 0 atom stereocenters. The topological polar surface area (TPSA) is 38.9 Å². The van der Waals surface area contributed by atoms with Gasteiger partial charge in [0.15, 0.2) is 0 Å². The molecule has 1 radical (unpaired) electrons. The summed E-state index contributed by atoms with van der Waals surface area (Å²) in [5.74, 6) is -0.975. The summed E-state index contributed by atoms with van der Waals surface area (Å²) in [5.41, 5.74) is 7.09. The molecule has 8 aromatic rings. The van der Waals surface area contributed by atoms with Crippen molar-refractivity contribution in [1.29, 1.82) is 0 Å². The van der Waals surface area contributed by atoms with E-state index < -0.39 is 12.7 Å². The van der Waals surface area contributed by atoms with Crippen LogP contribution in [0.5, 0.6) is 0 Å². The van der Waals surface area contributed by atoms with Crippen molar-refractivity contribution in [3.8, 4) is 22.5 Å². The molecule has 1 saturated carbocycles. The Morgan fingerprint density at radius 1 is 0.774 bits per heavy atom. The Morgan fingerprint density at radius 3 is 2.34 bits per heavy atom. The molecular formula is C49H46IrN2O-2. The van der Waals surface area contributed by atoms with Crippen LogP contribution in [-0.2, 0) is 25.5 Å². The third-order valence-electron chi connectivity index (χ3n) is 10.7. The van der Waals surface area contributed by atoms with Gasteiger partial charge in [0.25, 0.3) is 0 Å². The molecule has 0 amide bonds. The van der Waals surface area contributed by atoms with E-state index >= 15 is 0 Å². The normalized spacial score (nSPS) is 16.5. The van der Waals surface area contributed by atoms with E-state index in [1.807, 2.05) is 54.7 Å². The molecule has 0 aliphatic heterocycles. The van der Waals surface area contributed by atoms with Crippen molar-refractivity contribution in [3.05, 3.63) is 144 Å². The van der Waals surface area contributed by atoms with Crippen LogP contribution in [0.1, 0.15) is 88.4 Å². The molecule has 9 rings (SSSR count). The molecular weight excluding hydrogens is 825 g/mol. The van der Waals surface area contributed by atoms with Crippen LogP contribution in [-0.4, -0.2) is 9.97 Å². The molecule has 0 bridgehead atoms. The maximum absolute atomic E-state index is 9.41. The summed E-state index contributed by atoms with van der Waals surface area (Å²) < 4.78 is 40.5. The van der Waals surface area contributed by atoms with Gasteiger partial charge in [-0.3, -0.25) is 0 Å². The molecule has 0 spiro atoms. The number of rotatable bonds is 3. The molecule has 1 fully saturated rings. The van der Waals surface area contributed by atoms with Gasteiger partial charge >= 0.3 is 0 Å². The van der Waals surface area contributed by atoms with Crippen LogP contribution >= 0.6 is 0 Å². The largest absolute Gasteiger partial charge is 0.501 e. The van der Waals surface area contributed by atoms with E-state index in [-0.39, 0.29) is 36.5 Å². The van der Waals surface area contributed by atoms with Gasteiger partial charge in [-0.2, -0.15) is 0 Å². The number of benzene rings is 5. The van der Waals surface area contributed by atoms with Crippen molar-refractivity contribution >= 4 is 43.5 Å². The Kier molecular flexibility index (Phi) is 8.81. The monoisotopic (exact) mass is 875 g/mol. The second-order valence-corrected chi connectivity index (χ2v) is 15.9. The first-order valence-electron chi connectivity index (χ1n) is 20.2. The Balaban J connectivity index is 0.000000246. The van der Waals surface area contributed by atoms with Crippen molar-refractivity contribution in [2.75, 3.05) is 0 Å². The summed E-state index contributed by atoms with van der Waals surface area (Å²) in [5, 5.41) is 6.61. The van der Waals surface area contributed by atoms with Crippen molar-refractivity contribution in [2.24, 2.45) is 5.41 Å². The molecule has 1 aliphatic carbocycles. The molecule has 0 saturated heterocycles. The molecule has 0 unspecified atom stereocenters. The zero-order valence-corrected chi connectivity index (χ0v) is 33.3. The third-order valence-corrected chi connectivity index (χ3v) is 10.7. The predicted molar refractivity (Wildman–Crippen MR) is 218 cm³/mol. The summed E-state index contributed by atoms with van der Waals surface area (Å²) in [4.78, 5) is 9.00. The molecule has 3 aromatic heterocycles. The molecule has 53 heavy (non-hydrogen) atoms. The van der Waals surface area contributed by atoms with Gasteiger partial charge in [0.2, 0.25) is 0 Å². The molecule has 269 valence electrons. The standard InChI is InChI=1S/C34H30NO.C15H16N.Ir/c1-21-20-35-31(18-28(21)23-13-15-34(2,3)16-14-23)27-10-6-9-26-30-17-24-12-11-22-7-4-5-8-25(22)29(24)19-32(30)36-33(26)27;1-15(2,3)13-9-10-16-14(11-13)12-7-5-4-6-8-12;/h4-9,11-12,17-20,23H,13-16H2,1-3H3;4-7,9-11H,1-3H3;/q2*-1;/i1D3,23D;;. The van der Waals surface area contributed by atoms with Gasteiger partial charge in [0, 0.05) is 43.4 Å². The fourth-order valence-electron chi connectivity index (χ4n) is 7.41. The van der Waals surface area contributed by atoms with Crippen LogP contribution in [0.2, 0.25) is 0 Å². The summed E-state index contributed by atoms with van der Waals surface area (Å²) >= 11 is 0. The van der Waals surface area contributed by atoms with E-state index in [0.717, 1.165) is 51.2 Å². The minimum atomic E-state index is -2.35. The SMILES string of the molecule is CC(C)(C)c1ccnc(-c2[c-]cccc2)c1.[2H]C([2H])([2H])c1cnc(-c2[c-]ccc3c2oc2cc4c(ccc5ccccc54)cc23)cc1C1([2H])CCC(C)(C)CC1.[Ir]. The summed E-state index contributed by atoms with van der Waals surface area (Å²) in [7, 11) is 0. The minimum absolute atomic E-state index is 0. The quantitative estimate of drug-likeness (QED) is 0.131. The fourth-order valence-corrected chi connectivity index (χ4v) is 7.41.